The van der Waals surface area contributed by atoms with Crippen LogP contribution in [0.3, 0.4) is 0 Å². The van der Waals surface area contributed by atoms with Crippen LogP contribution in [0.25, 0.3) is 11.5 Å². The van der Waals surface area contributed by atoms with E-state index >= 15 is 0 Å². The summed E-state index contributed by atoms with van der Waals surface area (Å²) < 4.78 is 17.1. The summed E-state index contributed by atoms with van der Waals surface area (Å²) in [4.78, 5) is 0. The van der Waals surface area contributed by atoms with Crippen molar-refractivity contribution < 1.29 is 13.9 Å². The number of aromatic nitrogens is 2. The Morgan fingerprint density at radius 2 is 1.36 bits per heavy atom. The fraction of sp³-hybridized carbons (Fsp3) is 0.0909. The predicted octanol–water partition coefficient (Wildman–Crippen LogP) is 5.55. The second kappa shape index (κ2) is 8.59. The number of rotatable bonds is 7. The molecule has 0 bridgehead atoms. The predicted molar refractivity (Wildman–Crippen MR) is 106 cm³/mol. The summed E-state index contributed by atoms with van der Waals surface area (Å²) in [6.07, 6.45) is 0. The quantitative estimate of drug-likeness (QED) is 0.412. The van der Waals surface area contributed by atoms with Crippen LogP contribution in [0.4, 0.5) is 0 Å². The van der Waals surface area contributed by atoms with E-state index in [1.807, 2.05) is 66.7 Å². The van der Waals surface area contributed by atoms with Crippen molar-refractivity contribution in [3.8, 4) is 23.0 Å². The van der Waals surface area contributed by atoms with Gasteiger partial charge in [0.15, 0.2) is 6.61 Å². The lowest BCUT2D eigenvalue weighted by Gasteiger charge is -2.08. The van der Waals surface area contributed by atoms with Gasteiger partial charge in [-0.2, -0.15) is 0 Å². The third kappa shape index (κ3) is 4.69. The first kappa shape index (κ1) is 18.1. The normalized spacial score (nSPS) is 10.6. The highest BCUT2D eigenvalue weighted by Crippen LogP contribution is 2.22. The summed E-state index contributed by atoms with van der Waals surface area (Å²) in [5, 5.41) is 8.70. The molecule has 1 heterocycles. The maximum Gasteiger partial charge on any atom is 0.254 e. The Balaban J connectivity index is 1.31. The lowest BCUT2D eigenvalue weighted by molar-refractivity contribution is 0.263. The number of nitrogens with zero attached hydrogens (tertiary/aromatic N) is 2. The molecule has 0 radical (unpaired) electrons. The summed E-state index contributed by atoms with van der Waals surface area (Å²) in [7, 11) is 0. The minimum Gasteiger partial charge on any atom is -0.489 e. The Morgan fingerprint density at radius 1 is 0.714 bits per heavy atom. The van der Waals surface area contributed by atoms with Crippen molar-refractivity contribution >= 4 is 11.6 Å². The van der Waals surface area contributed by atoms with Gasteiger partial charge in [-0.05, 0) is 54.1 Å². The van der Waals surface area contributed by atoms with Crippen LogP contribution in [0.2, 0.25) is 5.02 Å². The van der Waals surface area contributed by atoms with E-state index < -0.39 is 0 Å². The number of hydrogen-bond donors (Lipinski definition) is 0. The van der Waals surface area contributed by atoms with Gasteiger partial charge in [0.2, 0.25) is 5.89 Å². The minimum atomic E-state index is 0.185. The van der Waals surface area contributed by atoms with E-state index in [0.29, 0.717) is 29.2 Å². The Morgan fingerprint density at radius 3 is 2.04 bits per heavy atom. The highest BCUT2D eigenvalue weighted by molar-refractivity contribution is 6.30. The van der Waals surface area contributed by atoms with Gasteiger partial charge in [0.25, 0.3) is 5.89 Å². The molecular formula is C22H17ClN2O3. The summed E-state index contributed by atoms with van der Waals surface area (Å²) in [6, 6.07) is 24.7. The number of halogens is 1. The molecule has 6 heteroatoms. The van der Waals surface area contributed by atoms with Crippen molar-refractivity contribution in [3.05, 3.63) is 95.3 Å². The van der Waals surface area contributed by atoms with E-state index in [0.717, 1.165) is 16.9 Å². The van der Waals surface area contributed by atoms with E-state index in [9.17, 15) is 0 Å². The van der Waals surface area contributed by atoms with E-state index in [4.69, 9.17) is 25.5 Å². The van der Waals surface area contributed by atoms with Crippen LogP contribution in [0.1, 0.15) is 11.5 Å². The molecule has 0 aliphatic carbocycles. The fourth-order valence-corrected chi connectivity index (χ4v) is 2.67. The largest absolute Gasteiger partial charge is 0.489 e. The summed E-state index contributed by atoms with van der Waals surface area (Å²) >= 11 is 5.89. The van der Waals surface area contributed by atoms with Gasteiger partial charge in [-0.15, -0.1) is 10.2 Å². The van der Waals surface area contributed by atoms with Gasteiger partial charge in [-0.1, -0.05) is 41.9 Å². The molecule has 0 N–H and O–H groups in total. The number of hydrogen-bond acceptors (Lipinski definition) is 5. The fourth-order valence-electron chi connectivity index (χ4n) is 2.54. The molecule has 3 aromatic carbocycles. The van der Waals surface area contributed by atoms with Crippen molar-refractivity contribution in [2.24, 2.45) is 0 Å². The SMILES string of the molecule is Clc1ccc(-c2nnc(COc3ccc(OCc4ccccc4)cc3)o2)cc1. The van der Waals surface area contributed by atoms with Crippen LogP contribution in [0.5, 0.6) is 11.5 Å². The Labute approximate surface area is 167 Å². The third-order valence-electron chi connectivity index (χ3n) is 3.99. The topological polar surface area (TPSA) is 57.4 Å². The molecule has 0 amide bonds. The minimum absolute atomic E-state index is 0.185. The molecule has 0 aliphatic heterocycles. The Bertz CT molecular complexity index is 1020. The molecule has 0 atom stereocenters. The van der Waals surface area contributed by atoms with Crippen LogP contribution in [0, 0.1) is 0 Å². The molecule has 5 nitrogen and oxygen atoms in total. The van der Waals surface area contributed by atoms with Gasteiger partial charge in [-0.25, -0.2) is 0 Å². The van der Waals surface area contributed by atoms with Crippen molar-refractivity contribution in [1.82, 2.24) is 10.2 Å². The van der Waals surface area contributed by atoms with Gasteiger partial charge in [0.1, 0.15) is 18.1 Å². The first-order chi connectivity index (χ1) is 13.8. The average Bonchev–Trinajstić information content (AvgIpc) is 3.22. The Hall–Kier alpha value is -3.31. The molecule has 0 fully saturated rings. The molecule has 0 spiro atoms. The maximum absolute atomic E-state index is 5.89. The average molecular weight is 393 g/mol. The van der Waals surface area contributed by atoms with Crippen molar-refractivity contribution in [2.75, 3.05) is 0 Å². The lowest BCUT2D eigenvalue weighted by atomic mass is 10.2. The van der Waals surface area contributed by atoms with Crippen LogP contribution in [-0.2, 0) is 13.2 Å². The highest BCUT2D eigenvalue weighted by atomic mass is 35.5. The molecule has 4 rings (SSSR count). The van der Waals surface area contributed by atoms with Crippen LogP contribution in [0.15, 0.2) is 83.3 Å². The summed E-state index contributed by atoms with van der Waals surface area (Å²) in [5.74, 6) is 2.30. The van der Waals surface area contributed by atoms with Crippen molar-refractivity contribution in [2.45, 2.75) is 13.2 Å². The van der Waals surface area contributed by atoms with Crippen LogP contribution >= 0.6 is 11.6 Å². The van der Waals surface area contributed by atoms with Crippen LogP contribution in [-0.4, -0.2) is 10.2 Å². The summed E-state index contributed by atoms with van der Waals surface area (Å²) in [5.41, 5.74) is 1.93. The number of benzene rings is 3. The van der Waals surface area contributed by atoms with E-state index in [1.54, 1.807) is 12.1 Å². The zero-order valence-electron chi connectivity index (χ0n) is 14.9. The molecule has 0 aliphatic rings. The van der Waals surface area contributed by atoms with Crippen molar-refractivity contribution in [3.63, 3.8) is 0 Å². The van der Waals surface area contributed by atoms with Crippen molar-refractivity contribution in [1.29, 1.82) is 0 Å². The molecule has 1 aromatic heterocycles. The smallest absolute Gasteiger partial charge is 0.254 e. The number of ether oxygens (including phenoxy) is 2. The first-order valence-corrected chi connectivity index (χ1v) is 9.12. The molecule has 28 heavy (non-hydrogen) atoms. The van der Waals surface area contributed by atoms with Gasteiger partial charge in [0.05, 0.1) is 0 Å². The first-order valence-electron chi connectivity index (χ1n) is 8.74. The zero-order valence-corrected chi connectivity index (χ0v) is 15.7. The second-order valence-corrected chi connectivity index (χ2v) is 6.48. The van der Waals surface area contributed by atoms with Gasteiger partial charge in [0, 0.05) is 10.6 Å². The van der Waals surface area contributed by atoms with Gasteiger partial charge < -0.3 is 13.9 Å². The summed E-state index contributed by atoms with van der Waals surface area (Å²) in [6.45, 7) is 0.710. The molecule has 4 aromatic rings. The molecule has 0 unspecified atom stereocenters. The van der Waals surface area contributed by atoms with E-state index in [-0.39, 0.29) is 6.61 Å². The third-order valence-corrected chi connectivity index (χ3v) is 4.24. The van der Waals surface area contributed by atoms with Gasteiger partial charge >= 0.3 is 0 Å². The highest BCUT2D eigenvalue weighted by Gasteiger charge is 2.09. The monoisotopic (exact) mass is 392 g/mol. The molecule has 140 valence electrons. The second-order valence-electron chi connectivity index (χ2n) is 6.04. The Kier molecular flexibility index (Phi) is 5.54. The maximum atomic E-state index is 5.89. The zero-order chi connectivity index (χ0) is 19.2. The lowest BCUT2D eigenvalue weighted by Crippen LogP contribution is -1.97. The molecule has 0 saturated carbocycles. The van der Waals surface area contributed by atoms with Gasteiger partial charge in [-0.3, -0.25) is 0 Å². The molecular weight excluding hydrogens is 376 g/mol. The van der Waals surface area contributed by atoms with Crippen LogP contribution < -0.4 is 9.47 Å². The van der Waals surface area contributed by atoms with E-state index in [2.05, 4.69) is 10.2 Å². The molecule has 0 saturated heterocycles. The standard InChI is InChI=1S/C22H17ClN2O3/c23-18-8-6-17(7-9-18)22-25-24-21(28-22)15-27-20-12-10-19(11-13-20)26-14-16-4-2-1-3-5-16/h1-13H,14-15H2. The van der Waals surface area contributed by atoms with E-state index in [1.165, 1.54) is 0 Å².